The lowest BCUT2D eigenvalue weighted by Crippen LogP contribution is -2.27. The van der Waals surface area contributed by atoms with E-state index >= 15 is 0 Å². The molecule has 0 aromatic carbocycles. The lowest BCUT2D eigenvalue weighted by atomic mass is 10.3. The van der Waals surface area contributed by atoms with Gasteiger partial charge < -0.3 is 15.6 Å². The second kappa shape index (κ2) is 7.11. The predicted molar refractivity (Wildman–Crippen MR) is 78.5 cm³/mol. The number of amides is 1. The van der Waals surface area contributed by atoms with Crippen LogP contribution in [0.15, 0.2) is 35.8 Å². The zero-order valence-electron chi connectivity index (χ0n) is 10.8. The lowest BCUT2D eigenvalue weighted by molar-refractivity contribution is 0.0944. The van der Waals surface area contributed by atoms with Gasteiger partial charge in [0.25, 0.3) is 5.91 Å². The zero-order valence-corrected chi connectivity index (χ0v) is 11.7. The topological polar surface area (TPSA) is 60.0 Å². The second-order valence-electron chi connectivity index (χ2n) is 4.35. The molecule has 2 aromatic rings. The van der Waals surface area contributed by atoms with Crippen molar-refractivity contribution in [2.45, 2.75) is 19.4 Å². The van der Waals surface area contributed by atoms with Gasteiger partial charge in [0.15, 0.2) is 0 Å². The minimum absolute atomic E-state index is 0.0152. The van der Waals surface area contributed by atoms with Gasteiger partial charge in [-0.2, -0.15) is 0 Å². The van der Waals surface area contributed by atoms with Crippen LogP contribution in [-0.2, 0) is 6.54 Å². The highest BCUT2D eigenvalue weighted by molar-refractivity contribution is 7.09. The molecule has 1 amide bonds. The van der Waals surface area contributed by atoms with Gasteiger partial charge in [-0.15, -0.1) is 11.3 Å². The maximum atomic E-state index is 12.1. The summed E-state index contributed by atoms with van der Waals surface area (Å²) in [7, 11) is 0. The zero-order chi connectivity index (χ0) is 13.5. The minimum atomic E-state index is -0.0152. The first-order chi connectivity index (χ1) is 9.31. The molecule has 0 fully saturated rings. The molecule has 0 bridgehead atoms. The molecule has 0 atom stereocenters. The van der Waals surface area contributed by atoms with Crippen LogP contribution in [0, 0.1) is 0 Å². The molecule has 0 aliphatic carbocycles. The van der Waals surface area contributed by atoms with Crippen LogP contribution in [0.3, 0.4) is 0 Å². The van der Waals surface area contributed by atoms with E-state index in [4.69, 9.17) is 5.73 Å². The molecule has 2 heterocycles. The molecule has 0 unspecified atom stereocenters. The van der Waals surface area contributed by atoms with E-state index in [2.05, 4.69) is 11.4 Å². The van der Waals surface area contributed by atoms with Crippen LogP contribution in [0.5, 0.6) is 0 Å². The number of unbranched alkanes of at least 4 members (excludes halogenated alkanes) is 1. The van der Waals surface area contributed by atoms with Crippen molar-refractivity contribution in [3.05, 3.63) is 46.4 Å². The third-order valence-electron chi connectivity index (χ3n) is 2.88. The van der Waals surface area contributed by atoms with Crippen molar-refractivity contribution in [3.8, 4) is 0 Å². The van der Waals surface area contributed by atoms with Gasteiger partial charge in [-0.25, -0.2) is 0 Å². The summed E-state index contributed by atoms with van der Waals surface area (Å²) in [6.07, 6.45) is 3.80. The smallest absolute Gasteiger partial charge is 0.267 e. The normalized spacial score (nSPS) is 10.6. The number of nitrogens with one attached hydrogen (secondary N) is 1. The van der Waals surface area contributed by atoms with Gasteiger partial charge in [-0.05, 0) is 43.0 Å². The summed E-state index contributed by atoms with van der Waals surface area (Å²) in [5.41, 5.74) is 6.13. The number of rotatable bonds is 7. The van der Waals surface area contributed by atoms with Gasteiger partial charge in [0, 0.05) is 17.6 Å². The predicted octanol–water partition coefficient (Wildman–Crippen LogP) is 2.07. The molecule has 3 N–H and O–H groups in total. The maximum Gasteiger partial charge on any atom is 0.267 e. The molecule has 0 aliphatic rings. The van der Waals surface area contributed by atoms with Crippen molar-refractivity contribution in [1.29, 1.82) is 0 Å². The SMILES string of the molecule is NCCCCNC(=O)c1cccn1Cc1cccs1. The van der Waals surface area contributed by atoms with E-state index in [0.29, 0.717) is 18.8 Å². The summed E-state index contributed by atoms with van der Waals surface area (Å²) in [5.74, 6) is -0.0152. The summed E-state index contributed by atoms with van der Waals surface area (Å²) >= 11 is 1.70. The summed E-state index contributed by atoms with van der Waals surface area (Å²) in [5, 5.41) is 4.97. The molecule has 0 spiro atoms. The van der Waals surface area contributed by atoms with Crippen molar-refractivity contribution in [3.63, 3.8) is 0 Å². The Morgan fingerprint density at radius 3 is 2.95 bits per heavy atom. The third-order valence-corrected chi connectivity index (χ3v) is 3.75. The van der Waals surface area contributed by atoms with E-state index in [9.17, 15) is 4.79 Å². The molecule has 5 heteroatoms. The first-order valence-electron chi connectivity index (χ1n) is 6.47. The average Bonchev–Trinajstić information content (AvgIpc) is 3.06. The van der Waals surface area contributed by atoms with Crippen LogP contribution >= 0.6 is 11.3 Å². The number of nitrogens with two attached hydrogens (primary N) is 1. The highest BCUT2D eigenvalue weighted by Crippen LogP contribution is 2.13. The Labute approximate surface area is 117 Å². The Bertz CT molecular complexity index is 505. The van der Waals surface area contributed by atoms with E-state index in [-0.39, 0.29) is 5.91 Å². The number of nitrogens with zero attached hydrogens (tertiary/aromatic N) is 1. The second-order valence-corrected chi connectivity index (χ2v) is 5.38. The van der Waals surface area contributed by atoms with Gasteiger partial charge in [0.1, 0.15) is 5.69 Å². The highest BCUT2D eigenvalue weighted by Gasteiger charge is 2.10. The largest absolute Gasteiger partial charge is 0.351 e. The molecule has 0 radical (unpaired) electrons. The average molecular weight is 277 g/mol. The number of hydrogen-bond donors (Lipinski definition) is 2. The standard InChI is InChI=1S/C14H19N3OS/c15-7-1-2-8-16-14(18)13-6-3-9-17(13)11-12-5-4-10-19-12/h3-6,9-10H,1-2,7-8,11,15H2,(H,16,18). The summed E-state index contributed by atoms with van der Waals surface area (Å²) in [6, 6.07) is 7.86. The Balaban J connectivity index is 1.93. The number of thiophene rings is 1. The summed E-state index contributed by atoms with van der Waals surface area (Å²) in [6.45, 7) is 2.10. The van der Waals surface area contributed by atoms with Gasteiger partial charge in [0.05, 0.1) is 6.54 Å². The molecule has 19 heavy (non-hydrogen) atoms. The Hall–Kier alpha value is -1.59. The monoisotopic (exact) mass is 277 g/mol. The Morgan fingerprint density at radius 1 is 1.32 bits per heavy atom. The van der Waals surface area contributed by atoms with E-state index in [0.717, 1.165) is 19.4 Å². The molecular formula is C14H19N3OS. The molecule has 0 saturated heterocycles. The maximum absolute atomic E-state index is 12.1. The highest BCUT2D eigenvalue weighted by atomic mass is 32.1. The van der Waals surface area contributed by atoms with Crippen LogP contribution in [0.2, 0.25) is 0 Å². The number of aromatic nitrogens is 1. The molecule has 2 rings (SSSR count). The van der Waals surface area contributed by atoms with Gasteiger partial charge in [-0.3, -0.25) is 4.79 Å². The first kappa shape index (κ1) is 13.8. The first-order valence-corrected chi connectivity index (χ1v) is 7.35. The Morgan fingerprint density at radius 2 is 2.21 bits per heavy atom. The lowest BCUT2D eigenvalue weighted by Gasteiger charge is -2.08. The molecule has 2 aromatic heterocycles. The third kappa shape index (κ3) is 3.94. The van der Waals surface area contributed by atoms with Crippen LogP contribution in [0.4, 0.5) is 0 Å². The van der Waals surface area contributed by atoms with E-state index in [1.807, 2.05) is 34.3 Å². The fourth-order valence-electron chi connectivity index (χ4n) is 1.89. The van der Waals surface area contributed by atoms with Crippen LogP contribution < -0.4 is 11.1 Å². The van der Waals surface area contributed by atoms with Crippen molar-refractivity contribution in [1.82, 2.24) is 9.88 Å². The van der Waals surface area contributed by atoms with E-state index < -0.39 is 0 Å². The van der Waals surface area contributed by atoms with Crippen LogP contribution in [-0.4, -0.2) is 23.6 Å². The molecule has 4 nitrogen and oxygen atoms in total. The molecule has 102 valence electrons. The van der Waals surface area contributed by atoms with Crippen LogP contribution in [0.1, 0.15) is 28.2 Å². The van der Waals surface area contributed by atoms with Crippen molar-refractivity contribution in [2.24, 2.45) is 5.73 Å². The van der Waals surface area contributed by atoms with Gasteiger partial charge in [-0.1, -0.05) is 6.07 Å². The Kier molecular flexibility index (Phi) is 5.18. The molecule has 0 saturated carbocycles. The van der Waals surface area contributed by atoms with Gasteiger partial charge in [0.2, 0.25) is 0 Å². The summed E-state index contributed by atoms with van der Waals surface area (Å²) in [4.78, 5) is 13.3. The number of hydrogen-bond acceptors (Lipinski definition) is 3. The summed E-state index contributed by atoms with van der Waals surface area (Å²) < 4.78 is 1.98. The van der Waals surface area contributed by atoms with Crippen molar-refractivity contribution >= 4 is 17.2 Å². The molecular weight excluding hydrogens is 258 g/mol. The van der Waals surface area contributed by atoms with Crippen molar-refractivity contribution < 1.29 is 4.79 Å². The van der Waals surface area contributed by atoms with Gasteiger partial charge >= 0.3 is 0 Å². The fraction of sp³-hybridized carbons (Fsp3) is 0.357. The minimum Gasteiger partial charge on any atom is -0.351 e. The quantitative estimate of drug-likeness (QED) is 0.761. The van der Waals surface area contributed by atoms with Crippen LogP contribution in [0.25, 0.3) is 0 Å². The van der Waals surface area contributed by atoms with E-state index in [1.54, 1.807) is 11.3 Å². The van der Waals surface area contributed by atoms with E-state index in [1.165, 1.54) is 4.88 Å². The number of carbonyl (C=O) groups is 1. The van der Waals surface area contributed by atoms with Crippen molar-refractivity contribution in [2.75, 3.05) is 13.1 Å². The number of carbonyl (C=O) groups excluding carboxylic acids is 1. The fourth-order valence-corrected chi connectivity index (χ4v) is 2.59. The molecule has 0 aliphatic heterocycles.